The SMILES string of the molecule is COC(=O)NC1CCC(c2ccc3c(c2)CCC(Cc2ccc(OC)cc2C)C3)C1. The predicted octanol–water partition coefficient (Wildman–Crippen LogP) is 5.34. The molecule has 0 heterocycles. The molecule has 3 unspecified atom stereocenters. The highest BCUT2D eigenvalue weighted by Gasteiger charge is 2.28. The summed E-state index contributed by atoms with van der Waals surface area (Å²) < 4.78 is 10.1. The van der Waals surface area contributed by atoms with Gasteiger partial charge in [-0.15, -0.1) is 0 Å². The zero-order valence-electron chi connectivity index (χ0n) is 18.4. The van der Waals surface area contributed by atoms with Crippen molar-refractivity contribution in [1.82, 2.24) is 5.32 Å². The van der Waals surface area contributed by atoms with Crippen LogP contribution in [0.3, 0.4) is 0 Å². The molecule has 4 nitrogen and oxygen atoms in total. The molecule has 0 aromatic heterocycles. The molecule has 1 amide bonds. The molecule has 1 N–H and O–H groups in total. The molecule has 1 fully saturated rings. The topological polar surface area (TPSA) is 47.6 Å². The van der Waals surface area contributed by atoms with Gasteiger partial charge >= 0.3 is 6.09 Å². The van der Waals surface area contributed by atoms with Crippen LogP contribution < -0.4 is 10.1 Å². The van der Waals surface area contributed by atoms with Crippen molar-refractivity contribution in [3.8, 4) is 5.75 Å². The number of alkyl carbamates (subject to hydrolysis) is 1. The van der Waals surface area contributed by atoms with Gasteiger partial charge in [-0.3, -0.25) is 0 Å². The van der Waals surface area contributed by atoms with E-state index in [2.05, 4.69) is 48.6 Å². The molecule has 0 bridgehead atoms. The van der Waals surface area contributed by atoms with Gasteiger partial charge in [0.2, 0.25) is 0 Å². The molecule has 1 saturated carbocycles. The van der Waals surface area contributed by atoms with Gasteiger partial charge < -0.3 is 14.8 Å². The van der Waals surface area contributed by atoms with Crippen molar-refractivity contribution in [3.63, 3.8) is 0 Å². The summed E-state index contributed by atoms with van der Waals surface area (Å²) in [7, 11) is 3.15. The molecule has 2 aromatic rings. The van der Waals surface area contributed by atoms with Gasteiger partial charge in [0.1, 0.15) is 5.75 Å². The fourth-order valence-electron chi connectivity index (χ4n) is 5.25. The van der Waals surface area contributed by atoms with Crippen molar-refractivity contribution in [2.24, 2.45) is 5.92 Å². The number of carbonyl (C=O) groups excluding carboxylic acids is 1. The predicted molar refractivity (Wildman–Crippen MR) is 119 cm³/mol. The van der Waals surface area contributed by atoms with E-state index in [9.17, 15) is 4.79 Å². The van der Waals surface area contributed by atoms with E-state index in [-0.39, 0.29) is 12.1 Å². The van der Waals surface area contributed by atoms with E-state index in [1.54, 1.807) is 7.11 Å². The van der Waals surface area contributed by atoms with Crippen LogP contribution in [0, 0.1) is 12.8 Å². The van der Waals surface area contributed by atoms with Gasteiger partial charge in [-0.1, -0.05) is 24.3 Å². The normalized spacial score (nSPS) is 23.0. The molecule has 0 saturated heterocycles. The standard InChI is InChI=1S/C26H33NO3/c1-17-12-25(29-2)11-9-19(17)13-18-4-5-21-15-22(7-6-20(21)14-18)23-8-10-24(16-23)27-26(28)30-3/h6-7,9,11-12,15,18,23-24H,4-5,8,10,13-14,16H2,1-3H3,(H,27,28). The average Bonchev–Trinajstić information content (AvgIpc) is 3.23. The molecule has 30 heavy (non-hydrogen) atoms. The van der Waals surface area contributed by atoms with Crippen molar-refractivity contribution in [3.05, 3.63) is 64.2 Å². The summed E-state index contributed by atoms with van der Waals surface area (Å²) in [6, 6.07) is 13.8. The summed E-state index contributed by atoms with van der Waals surface area (Å²) in [5.41, 5.74) is 7.25. The monoisotopic (exact) mass is 407 g/mol. The third-order valence-electron chi connectivity index (χ3n) is 7.03. The Morgan fingerprint density at radius 1 is 1.07 bits per heavy atom. The van der Waals surface area contributed by atoms with Crippen LogP contribution in [0.15, 0.2) is 36.4 Å². The Kier molecular flexibility index (Phi) is 6.31. The number of aryl methyl sites for hydroxylation is 2. The molecule has 0 spiro atoms. The van der Waals surface area contributed by atoms with Crippen molar-refractivity contribution in [1.29, 1.82) is 0 Å². The summed E-state index contributed by atoms with van der Waals surface area (Å²) in [6.07, 6.45) is 7.57. The summed E-state index contributed by atoms with van der Waals surface area (Å²) in [5.74, 6) is 2.18. The summed E-state index contributed by atoms with van der Waals surface area (Å²) in [4.78, 5) is 11.5. The van der Waals surface area contributed by atoms with Crippen molar-refractivity contribution in [2.45, 2.75) is 63.8 Å². The van der Waals surface area contributed by atoms with Gasteiger partial charge in [-0.2, -0.15) is 0 Å². The van der Waals surface area contributed by atoms with Crippen LogP contribution in [-0.4, -0.2) is 26.4 Å². The average molecular weight is 408 g/mol. The number of fused-ring (bicyclic) bond motifs is 1. The minimum Gasteiger partial charge on any atom is -0.497 e. The summed E-state index contributed by atoms with van der Waals surface area (Å²) in [6.45, 7) is 2.19. The Bertz CT molecular complexity index is 907. The molecule has 2 aromatic carbocycles. The Morgan fingerprint density at radius 2 is 1.93 bits per heavy atom. The van der Waals surface area contributed by atoms with Crippen LogP contribution in [0.1, 0.15) is 59.4 Å². The highest BCUT2D eigenvalue weighted by atomic mass is 16.5. The third kappa shape index (κ3) is 4.63. The lowest BCUT2D eigenvalue weighted by atomic mass is 9.79. The molecular formula is C26H33NO3. The maximum Gasteiger partial charge on any atom is 0.407 e. The largest absolute Gasteiger partial charge is 0.497 e. The third-order valence-corrected chi connectivity index (χ3v) is 7.03. The fourth-order valence-corrected chi connectivity index (χ4v) is 5.25. The highest BCUT2D eigenvalue weighted by molar-refractivity contribution is 5.67. The smallest absolute Gasteiger partial charge is 0.407 e. The maximum atomic E-state index is 11.5. The lowest BCUT2D eigenvalue weighted by Gasteiger charge is -2.26. The quantitative estimate of drug-likeness (QED) is 0.727. The molecule has 0 radical (unpaired) electrons. The zero-order chi connectivity index (χ0) is 21.1. The second-order valence-electron chi connectivity index (χ2n) is 8.98. The minimum absolute atomic E-state index is 0.232. The van der Waals surface area contributed by atoms with E-state index >= 15 is 0 Å². The van der Waals surface area contributed by atoms with Gasteiger partial charge in [0.25, 0.3) is 0 Å². The summed E-state index contributed by atoms with van der Waals surface area (Å²) in [5, 5.41) is 2.96. The van der Waals surface area contributed by atoms with Crippen molar-refractivity contribution >= 4 is 6.09 Å². The number of amides is 1. The Balaban J connectivity index is 1.38. The molecule has 160 valence electrons. The number of hydrogen-bond acceptors (Lipinski definition) is 3. The first kappa shape index (κ1) is 20.8. The van der Waals surface area contributed by atoms with Gasteiger partial charge in [0, 0.05) is 6.04 Å². The number of methoxy groups -OCH3 is 2. The number of rotatable bonds is 5. The lowest BCUT2D eigenvalue weighted by Crippen LogP contribution is -2.32. The number of ether oxygens (including phenoxy) is 2. The van der Waals surface area contributed by atoms with Gasteiger partial charge in [-0.25, -0.2) is 4.79 Å². The van der Waals surface area contributed by atoms with Gasteiger partial charge in [0.05, 0.1) is 14.2 Å². The van der Waals surface area contributed by atoms with Crippen molar-refractivity contribution < 1.29 is 14.3 Å². The van der Waals surface area contributed by atoms with E-state index in [4.69, 9.17) is 9.47 Å². The Hall–Kier alpha value is -2.49. The molecule has 2 aliphatic carbocycles. The zero-order valence-corrected chi connectivity index (χ0v) is 18.4. The molecule has 2 aliphatic rings. The van der Waals surface area contributed by atoms with E-state index in [1.807, 2.05) is 0 Å². The molecule has 4 heteroatoms. The molecular weight excluding hydrogens is 374 g/mol. The first-order valence-corrected chi connectivity index (χ1v) is 11.2. The van der Waals surface area contributed by atoms with E-state index < -0.39 is 0 Å². The Labute approximate surface area is 180 Å². The van der Waals surface area contributed by atoms with E-state index in [0.717, 1.165) is 37.9 Å². The number of benzene rings is 2. The number of nitrogens with one attached hydrogen (secondary N) is 1. The van der Waals surface area contributed by atoms with Crippen LogP contribution in [0.25, 0.3) is 0 Å². The van der Waals surface area contributed by atoms with E-state index in [0.29, 0.717) is 11.8 Å². The van der Waals surface area contributed by atoms with Crippen LogP contribution in [0.5, 0.6) is 5.75 Å². The highest BCUT2D eigenvalue weighted by Crippen LogP contribution is 2.37. The minimum atomic E-state index is -0.316. The van der Waals surface area contributed by atoms with Crippen LogP contribution in [-0.2, 0) is 24.0 Å². The number of hydrogen-bond donors (Lipinski definition) is 1. The maximum absolute atomic E-state index is 11.5. The molecule has 3 atom stereocenters. The van der Waals surface area contributed by atoms with Crippen LogP contribution in [0.2, 0.25) is 0 Å². The fraction of sp³-hybridized carbons (Fsp3) is 0.500. The lowest BCUT2D eigenvalue weighted by molar-refractivity contribution is 0.166. The first-order valence-electron chi connectivity index (χ1n) is 11.2. The van der Waals surface area contributed by atoms with Gasteiger partial charge in [-0.05, 0) is 104 Å². The molecule has 0 aliphatic heterocycles. The van der Waals surface area contributed by atoms with E-state index in [1.165, 1.54) is 47.8 Å². The second kappa shape index (κ2) is 9.11. The summed E-state index contributed by atoms with van der Waals surface area (Å²) >= 11 is 0. The number of carbonyl (C=O) groups is 1. The Morgan fingerprint density at radius 3 is 2.70 bits per heavy atom. The molecule has 4 rings (SSSR count). The van der Waals surface area contributed by atoms with Crippen molar-refractivity contribution in [2.75, 3.05) is 14.2 Å². The van der Waals surface area contributed by atoms with Crippen LogP contribution in [0.4, 0.5) is 4.79 Å². The van der Waals surface area contributed by atoms with Crippen LogP contribution >= 0.6 is 0 Å². The first-order chi connectivity index (χ1) is 14.6. The van der Waals surface area contributed by atoms with Gasteiger partial charge in [0.15, 0.2) is 0 Å². The second-order valence-corrected chi connectivity index (χ2v) is 8.98.